The molecule has 1 nitrogen and oxygen atoms in total. The van der Waals surface area contributed by atoms with Crippen LogP contribution in [-0.2, 0) is 0 Å². The second kappa shape index (κ2) is 3.55. The van der Waals surface area contributed by atoms with Crippen molar-refractivity contribution >= 4 is 5.71 Å². The molecule has 0 saturated carbocycles. The van der Waals surface area contributed by atoms with Crippen LogP contribution < -0.4 is 0 Å². The molecular formula is C9H15N. The van der Waals surface area contributed by atoms with Gasteiger partial charge >= 0.3 is 0 Å². The predicted molar refractivity (Wildman–Crippen MR) is 45.5 cm³/mol. The minimum absolute atomic E-state index is 0.653. The van der Waals surface area contributed by atoms with Crippen LogP contribution in [0.1, 0.15) is 26.7 Å². The molecule has 1 aliphatic heterocycles. The van der Waals surface area contributed by atoms with E-state index in [1.165, 1.54) is 12.1 Å². The third-order valence-corrected chi connectivity index (χ3v) is 1.71. The molecule has 0 unspecified atom stereocenters. The van der Waals surface area contributed by atoms with Gasteiger partial charge in [0.05, 0.1) is 0 Å². The van der Waals surface area contributed by atoms with Gasteiger partial charge in [-0.15, -0.1) is 0 Å². The number of nitrogens with zero attached hydrogens (tertiary/aromatic N) is 1. The summed E-state index contributed by atoms with van der Waals surface area (Å²) in [4.78, 5) is 4.43. The summed E-state index contributed by atoms with van der Waals surface area (Å²) in [5.41, 5.74) is 1.28. The Labute approximate surface area is 62.9 Å². The molecule has 0 aliphatic carbocycles. The molecule has 1 rings (SSSR count). The van der Waals surface area contributed by atoms with Gasteiger partial charge in [-0.2, -0.15) is 0 Å². The third kappa shape index (κ3) is 1.98. The lowest BCUT2D eigenvalue weighted by atomic mass is 10.1. The number of rotatable bonds is 2. The minimum Gasteiger partial charge on any atom is -0.289 e. The van der Waals surface area contributed by atoms with Gasteiger partial charge in [-0.3, -0.25) is 4.99 Å². The summed E-state index contributed by atoms with van der Waals surface area (Å²) in [6.07, 6.45) is 6.76. The van der Waals surface area contributed by atoms with Crippen LogP contribution in [0.3, 0.4) is 0 Å². The average Bonchev–Trinajstić information content (AvgIpc) is 1.95. The first-order chi connectivity index (χ1) is 4.83. The monoisotopic (exact) mass is 137 g/mol. The zero-order valence-electron chi connectivity index (χ0n) is 6.80. The van der Waals surface area contributed by atoms with Crippen LogP contribution in [-0.4, -0.2) is 12.3 Å². The molecule has 0 bridgehead atoms. The average molecular weight is 137 g/mol. The Morgan fingerprint density at radius 3 is 3.00 bits per heavy atom. The second-order valence-corrected chi connectivity index (χ2v) is 2.92. The highest BCUT2D eigenvalue weighted by molar-refractivity contribution is 5.95. The Hall–Kier alpha value is -0.590. The smallest absolute Gasteiger partial charge is 0.0452 e. The number of allylic oxidation sites excluding steroid dienone is 1. The lowest BCUT2D eigenvalue weighted by molar-refractivity contribution is 0.729. The van der Waals surface area contributed by atoms with Crippen molar-refractivity contribution in [2.75, 3.05) is 6.54 Å². The maximum atomic E-state index is 4.43. The largest absolute Gasteiger partial charge is 0.289 e. The van der Waals surface area contributed by atoms with Crippen LogP contribution in [0, 0.1) is 5.92 Å². The van der Waals surface area contributed by atoms with E-state index < -0.39 is 0 Å². The fraction of sp³-hybridized carbons (Fsp3) is 0.667. The van der Waals surface area contributed by atoms with Gasteiger partial charge in [0.25, 0.3) is 0 Å². The first kappa shape index (κ1) is 7.52. The van der Waals surface area contributed by atoms with Crippen molar-refractivity contribution in [2.24, 2.45) is 10.9 Å². The summed E-state index contributed by atoms with van der Waals surface area (Å²) in [6.45, 7) is 5.38. The van der Waals surface area contributed by atoms with Crippen molar-refractivity contribution in [2.45, 2.75) is 26.7 Å². The lowest BCUT2D eigenvalue weighted by Crippen LogP contribution is -2.06. The Kier molecular flexibility index (Phi) is 2.67. The number of hydrogen-bond donors (Lipinski definition) is 0. The van der Waals surface area contributed by atoms with Crippen molar-refractivity contribution in [1.29, 1.82) is 0 Å². The van der Waals surface area contributed by atoms with Crippen molar-refractivity contribution < 1.29 is 0 Å². The molecule has 1 heterocycles. The van der Waals surface area contributed by atoms with E-state index in [1.54, 1.807) is 0 Å². The first-order valence-electron chi connectivity index (χ1n) is 4.04. The van der Waals surface area contributed by atoms with Crippen LogP contribution in [0.15, 0.2) is 17.1 Å². The van der Waals surface area contributed by atoms with E-state index in [4.69, 9.17) is 0 Å². The molecule has 0 saturated heterocycles. The van der Waals surface area contributed by atoms with Crippen molar-refractivity contribution in [1.82, 2.24) is 0 Å². The molecule has 56 valence electrons. The summed E-state index contributed by atoms with van der Waals surface area (Å²) in [7, 11) is 0. The van der Waals surface area contributed by atoms with Crippen LogP contribution >= 0.6 is 0 Å². The fourth-order valence-electron chi connectivity index (χ4n) is 1.07. The standard InChI is InChI=1S/C9H15N/c1-3-4-9-6-5-8(2)7-10-9/h5-6,8H,3-4,7H2,1-2H3/t8-/m1/s1. The highest BCUT2D eigenvalue weighted by Gasteiger charge is 2.02. The summed E-state index contributed by atoms with van der Waals surface area (Å²) in [6, 6.07) is 0. The van der Waals surface area contributed by atoms with E-state index >= 15 is 0 Å². The number of aliphatic imine (C=N–C) groups is 1. The predicted octanol–water partition coefficient (Wildman–Crippen LogP) is 2.43. The molecule has 0 spiro atoms. The van der Waals surface area contributed by atoms with Crippen LogP contribution in [0.25, 0.3) is 0 Å². The zero-order valence-corrected chi connectivity index (χ0v) is 6.80. The van der Waals surface area contributed by atoms with E-state index in [0.717, 1.165) is 13.0 Å². The summed E-state index contributed by atoms with van der Waals surface area (Å²) < 4.78 is 0. The van der Waals surface area contributed by atoms with Gasteiger partial charge in [0, 0.05) is 12.3 Å². The van der Waals surface area contributed by atoms with Crippen LogP contribution in [0.4, 0.5) is 0 Å². The van der Waals surface area contributed by atoms with Gasteiger partial charge < -0.3 is 0 Å². The molecule has 0 aromatic rings. The molecule has 1 aliphatic rings. The maximum absolute atomic E-state index is 4.43. The highest BCUT2D eigenvalue weighted by atomic mass is 14.7. The van der Waals surface area contributed by atoms with Gasteiger partial charge in [0.15, 0.2) is 0 Å². The normalized spacial score (nSPS) is 24.6. The topological polar surface area (TPSA) is 12.4 Å². The highest BCUT2D eigenvalue weighted by Crippen LogP contribution is 2.07. The molecule has 0 aromatic carbocycles. The van der Waals surface area contributed by atoms with Crippen LogP contribution in [0.2, 0.25) is 0 Å². The Morgan fingerprint density at radius 1 is 1.70 bits per heavy atom. The van der Waals surface area contributed by atoms with Gasteiger partial charge in [-0.1, -0.05) is 26.3 Å². The van der Waals surface area contributed by atoms with Gasteiger partial charge in [0.1, 0.15) is 0 Å². The summed E-state index contributed by atoms with van der Waals surface area (Å²) in [5.74, 6) is 0.653. The van der Waals surface area contributed by atoms with E-state index in [-0.39, 0.29) is 0 Å². The Balaban J connectivity index is 2.42. The van der Waals surface area contributed by atoms with Gasteiger partial charge in [-0.25, -0.2) is 0 Å². The lowest BCUT2D eigenvalue weighted by Gasteiger charge is -2.09. The molecule has 10 heavy (non-hydrogen) atoms. The number of dihydropyridines is 1. The van der Waals surface area contributed by atoms with Gasteiger partial charge in [0.2, 0.25) is 0 Å². The van der Waals surface area contributed by atoms with E-state index in [0.29, 0.717) is 5.92 Å². The van der Waals surface area contributed by atoms with E-state index in [1.807, 2.05) is 0 Å². The zero-order chi connectivity index (χ0) is 7.40. The molecule has 0 aromatic heterocycles. The Bertz CT molecular complexity index is 156. The minimum atomic E-state index is 0.653. The van der Waals surface area contributed by atoms with E-state index in [2.05, 4.69) is 31.0 Å². The molecule has 0 N–H and O–H groups in total. The van der Waals surface area contributed by atoms with Gasteiger partial charge in [-0.05, 0) is 18.4 Å². The third-order valence-electron chi connectivity index (χ3n) is 1.71. The van der Waals surface area contributed by atoms with Crippen molar-refractivity contribution in [3.63, 3.8) is 0 Å². The molecule has 1 atom stereocenters. The van der Waals surface area contributed by atoms with Crippen molar-refractivity contribution in [3.8, 4) is 0 Å². The molecule has 0 radical (unpaired) electrons. The van der Waals surface area contributed by atoms with E-state index in [9.17, 15) is 0 Å². The summed E-state index contributed by atoms with van der Waals surface area (Å²) >= 11 is 0. The molecule has 0 amide bonds. The number of hydrogen-bond acceptors (Lipinski definition) is 1. The fourth-order valence-corrected chi connectivity index (χ4v) is 1.07. The molecular weight excluding hydrogens is 122 g/mol. The molecule has 1 heteroatoms. The summed E-state index contributed by atoms with van der Waals surface area (Å²) in [5, 5.41) is 0. The Morgan fingerprint density at radius 2 is 2.50 bits per heavy atom. The van der Waals surface area contributed by atoms with Crippen molar-refractivity contribution in [3.05, 3.63) is 12.2 Å². The van der Waals surface area contributed by atoms with Crippen LogP contribution in [0.5, 0.6) is 0 Å². The maximum Gasteiger partial charge on any atom is 0.0452 e. The first-order valence-corrected chi connectivity index (χ1v) is 4.04. The second-order valence-electron chi connectivity index (χ2n) is 2.92. The quantitative estimate of drug-likeness (QED) is 0.554. The SMILES string of the molecule is CCCC1=NC[C@H](C)C=C1. The molecule has 0 fully saturated rings.